The number of para-hydroxylation sites is 1. The fraction of sp³-hybridized carbons (Fsp3) is 0.594. The average molecular weight is 695 g/mol. The standard InChI is InChI=1S/C32H46N4O9S2/c37-28(36-32-30(24-5-8-34-23-27(24)47-32)31-35-25-3-1-2-4-26(25)46-31)6-9-33-10-12-41-14-16-43-18-20-45-22-21-44-19-17-42-15-13-40-11-7-29(38)39/h1-4,33-34H,5-23H2,(H,36,37)(H,38,39). The van der Waals surface area contributed by atoms with Crippen LogP contribution in [0.4, 0.5) is 5.00 Å². The van der Waals surface area contributed by atoms with Crippen molar-refractivity contribution < 1.29 is 43.1 Å². The number of benzene rings is 1. The van der Waals surface area contributed by atoms with E-state index in [0.29, 0.717) is 92.2 Å². The number of hydrogen-bond donors (Lipinski definition) is 4. The summed E-state index contributed by atoms with van der Waals surface area (Å²) in [7, 11) is 0. The average Bonchev–Trinajstić information content (AvgIpc) is 3.65. The van der Waals surface area contributed by atoms with E-state index >= 15 is 0 Å². The van der Waals surface area contributed by atoms with Gasteiger partial charge in [0.1, 0.15) is 10.0 Å². The third-order valence-corrected chi connectivity index (χ3v) is 9.16. The number of carboxylic acids is 1. The van der Waals surface area contributed by atoms with E-state index in [9.17, 15) is 9.59 Å². The lowest BCUT2D eigenvalue weighted by molar-refractivity contribution is -0.138. The molecule has 0 radical (unpaired) electrons. The summed E-state index contributed by atoms with van der Waals surface area (Å²) in [4.78, 5) is 29.4. The Bertz CT molecular complexity index is 1320. The minimum Gasteiger partial charge on any atom is -0.481 e. The zero-order valence-electron chi connectivity index (χ0n) is 26.7. The van der Waals surface area contributed by atoms with Gasteiger partial charge in [-0.25, -0.2) is 4.98 Å². The van der Waals surface area contributed by atoms with Crippen LogP contribution < -0.4 is 16.0 Å². The topological polar surface area (TPSA) is 159 Å². The van der Waals surface area contributed by atoms with Crippen molar-refractivity contribution in [2.45, 2.75) is 25.8 Å². The molecule has 3 heterocycles. The minimum absolute atomic E-state index is 0.00440. The molecule has 260 valence electrons. The number of rotatable bonds is 26. The zero-order valence-corrected chi connectivity index (χ0v) is 28.4. The second kappa shape index (κ2) is 22.1. The Labute approximate surface area is 283 Å². The van der Waals surface area contributed by atoms with Crippen LogP contribution in [0, 0.1) is 0 Å². The van der Waals surface area contributed by atoms with Gasteiger partial charge in [0.2, 0.25) is 5.91 Å². The second-order valence-electron chi connectivity index (χ2n) is 10.5. The first kappa shape index (κ1) is 37.3. The molecule has 0 fully saturated rings. The number of nitrogens with one attached hydrogen (secondary N) is 3. The van der Waals surface area contributed by atoms with Crippen molar-refractivity contribution in [3.8, 4) is 10.6 Å². The number of amides is 1. The second-order valence-corrected chi connectivity index (χ2v) is 12.6. The lowest BCUT2D eigenvalue weighted by Crippen LogP contribution is -2.25. The third kappa shape index (κ3) is 13.8. The smallest absolute Gasteiger partial charge is 0.305 e. The van der Waals surface area contributed by atoms with Crippen LogP contribution in [0.1, 0.15) is 23.3 Å². The number of carboxylic acid groups (broad SMARTS) is 1. The fourth-order valence-corrected chi connectivity index (χ4v) is 6.99. The normalized spacial score (nSPS) is 12.9. The number of ether oxygens (including phenoxy) is 6. The summed E-state index contributed by atoms with van der Waals surface area (Å²) in [6.45, 7) is 8.21. The summed E-state index contributed by atoms with van der Waals surface area (Å²) < 4.78 is 33.6. The van der Waals surface area contributed by atoms with Crippen LogP contribution in [0.3, 0.4) is 0 Å². The Morgan fingerprint density at radius 3 is 2.04 bits per heavy atom. The van der Waals surface area contributed by atoms with Crippen LogP contribution in [0.5, 0.6) is 0 Å². The summed E-state index contributed by atoms with van der Waals surface area (Å²) in [6.07, 6.45) is 1.30. The molecule has 1 aromatic carbocycles. The molecule has 0 aliphatic carbocycles. The summed E-state index contributed by atoms with van der Waals surface area (Å²) in [6, 6.07) is 8.15. The van der Waals surface area contributed by atoms with E-state index in [4.69, 9.17) is 38.5 Å². The van der Waals surface area contributed by atoms with Gasteiger partial charge in [0.15, 0.2) is 0 Å². The van der Waals surface area contributed by atoms with Gasteiger partial charge >= 0.3 is 5.97 Å². The highest BCUT2D eigenvalue weighted by molar-refractivity contribution is 7.22. The highest BCUT2D eigenvalue weighted by atomic mass is 32.1. The van der Waals surface area contributed by atoms with Crippen LogP contribution in [0.15, 0.2) is 24.3 Å². The Morgan fingerprint density at radius 2 is 1.40 bits per heavy atom. The van der Waals surface area contributed by atoms with E-state index in [1.807, 2.05) is 18.2 Å². The molecule has 2 aromatic heterocycles. The number of anilines is 1. The van der Waals surface area contributed by atoms with Crippen molar-refractivity contribution in [3.63, 3.8) is 0 Å². The Morgan fingerprint density at radius 1 is 0.787 bits per heavy atom. The number of aliphatic carboxylic acids is 1. The van der Waals surface area contributed by atoms with Crippen molar-refractivity contribution in [1.29, 1.82) is 0 Å². The fourth-order valence-electron chi connectivity index (χ4n) is 4.65. The Balaban J connectivity index is 0.953. The lowest BCUT2D eigenvalue weighted by atomic mass is 10.0. The van der Waals surface area contributed by atoms with Gasteiger partial charge in [-0.2, -0.15) is 0 Å². The molecule has 4 N–H and O–H groups in total. The van der Waals surface area contributed by atoms with E-state index < -0.39 is 5.97 Å². The van der Waals surface area contributed by atoms with Crippen LogP contribution >= 0.6 is 22.7 Å². The van der Waals surface area contributed by atoms with Gasteiger partial charge in [-0.15, -0.1) is 22.7 Å². The first-order valence-corrected chi connectivity index (χ1v) is 17.6. The predicted octanol–water partition coefficient (Wildman–Crippen LogP) is 3.16. The number of carbonyl (C=O) groups is 2. The molecule has 1 aliphatic rings. The number of nitrogens with zero attached hydrogens (tertiary/aromatic N) is 1. The maximum Gasteiger partial charge on any atom is 0.305 e. The molecule has 0 atom stereocenters. The molecule has 1 amide bonds. The Kier molecular flexibility index (Phi) is 17.5. The van der Waals surface area contributed by atoms with Crippen LogP contribution in [0.2, 0.25) is 0 Å². The molecular weight excluding hydrogens is 649 g/mol. The lowest BCUT2D eigenvalue weighted by Gasteiger charge is -2.13. The van der Waals surface area contributed by atoms with Crippen molar-refractivity contribution in [2.75, 3.05) is 104 Å². The summed E-state index contributed by atoms with van der Waals surface area (Å²) in [5.74, 6) is -0.891. The van der Waals surface area contributed by atoms with Crippen LogP contribution in [0.25, 0.3) is 20.8 Å². The van der Waals surface area contributed by atoms with Crippen LogP contribution in [-0.2, 0) is 51.0 Å². The molecule has 3 aromatic rings. The molecule has 0 spiro atoms. The first-order valence-electron chi connectivity index (χ1n) is 16.0. The van der Waals surface area contributed by atoms with Gasteiger partial charge in [-0.3, -0.25) is 9.59 Å². The number of thiophene rings is 1. The molecule has 13 nitrogen and oxygen atoms in total. The molecule has 0 saturated heterocycles. The summed E-state index contributed by atoms with van der Waals surface area (Å²) in [5.41, 5.74) is 3.37. The SMILES string of the molecule is O=C(O)CCOCCOCCOCCOCCOCCOCCNCCC(=O)Nc1sc2c(c1-c1nc3ccccc3s1)CCNC2. The third-order valence-electron chi connectivity index (χ3n) is 6.96. The van der Waals surface area contributed by atoms with Gasteiger partial charge in [-0.1, -0.05) is 12.1 Å². The molecule has 4 rings (SSSR count). The quantitative estimate of drug-likeness (QED) is 0.0912. The molecule has 47 heavy (non-hydrogen) atoms. The first-order chi connectivity index (χ1) is 23.1. The predicted molar refractivity (Wildman–Crippen MR) is 182 cm³/mol. The molecular formula is C32H46N4O9S2. The van der Waals surface area contributed by atoms with Crippen LogP contribution in [-0.4, -0.2) is 121 Å². The minimum atomic E-state index is -0.875. The van der Waals surface area contributed by atoms with Gasteiger partial charge in [-0.05, 0) is 30.7 Å². The van der Waals surface area contributed by atoms with E-state index in [-0.39, 0.29) is 18.9 Å². The zero-order chi connectivity index (χ0) is 32.9. The largest absolute Gasteiger partial charge is 0.481 e. The monoisotopic (exact) mass is 694 g/mol. The van der Waals surface area contributed by atoms with E-state index in [0.717, 1.165) is 45.3 Å². The maximum absolute atomic E-state index is 12.8. The van der Waals surface area contributed by atoms with Crippen molar-refractivity contribution >= 4 is 49.8 Å². The van der Waals surface area contributed by atoms with E-state index in [1.54, 1.807) is 22.7 Å². The maximum atomic E-state index is 12.8. The number of aromatic nitrogens is 1. The Hall–Kier alpha value is -2.57. The number of hydrogen-bond acceptors (Lipinski definition) is 13. The highest BCUT2D eigenvalue weighted by Gasteiger charge is 2.25. The molecule has 0 unspecified atom stereocenters. The van der Waals surface area contributed by atoms with E-state index in [2.05, 4.69) is 22.0 Å². The van der Waals surface area contributed by atoms with E-state index in [1.165, 1.54) is 10.4 Å². The molecule has 0 saturated carbocycles. The molecule has 1 aliphatic heterocycles. The number of fused-ring (bicyclic) bond motifs is 2. The summed E-state index contributed by atoms with van der Waals surface area (Å²) >= 11 is 3.33. The van der Waals surface area contributed by atoms with Gasteiger partial charge in [0, 0.05) is 36.5 Å². The van der Waals surface area contributed by atoms with Crippen molar-refractivity contribution in [1.82, 2.24) is 15.6 Å². The van der Waals surface area contributed by atoms with Crippen molar-refractivity contribution in [2.24, 2.45) is 0 Å². The van der Waals surface area contributed by atoms with Gasteiger partial charge in [0.25, 0.3) is 0 Å². The summed E-state index contributed by atoms with van der Waals surface area (Å²) in [5, 5.41) is 20.2. The molecule has 0 bridgehead atoms. The number of carbonyl (C=O) groups excluding carboxylic acids is 1. The van der Waals surface area contributed by atoms with Gasteiger partial charge < -0.3 is 49.5 Å². The van der Waals surface area contributed by atoms with Gasteiger partial charge in [0.05, 0.1) is 95.9 Å². The molecule has 15 heteroatoms. The number of thiazole rings is 1. The highest BCUT2D eigenvalue weighted by Crippen LogP contribution is 2.44. The van der Waals surface area contributed by atoms with Crippen molar-refractivity contribution in [3.05, 3.63) is 34.7 Å².